The first kappa shape index (κ1) is 11.3. The van der Waals surface area contributed by atoms with Crippen LogP contribution in [0.3, 0.4) is 0 Å². The Morgan fingerprint density at radius 2 is 2.00 bits per heavy atom. The smallest absolute Gasteiger partial charge is 0.211 e. The Bertz CT molecular complexity index is 455. The van der Waals surface area contributed by atoms with E-state index in [4.69, 9.17) is 0 Å². The van der Waals surface area contributed by atoms with Gasteiger partial charge in [-0.05, 0) is 0 Å². The quantitative estimate of drug-likeness (QED) is 0.586. The molecule has 2 heterocycles. The van der Waals surface area contributed by atoms with Gasteiger partial charge in [0, 0.05) is 19.1 Å². The van der Waals surface area contributed by atoms with Gasteiger partial charge in [-0.25, -0.2) is 16.8 Å². The van der Waals surface area contributed by atoms with Gasteiger partial charge >= 0.3 is 0 Å². The van der Waals surface area contributed by atoms with E-state index >= 15 is 0 Å². The number of fused-ring (bicyclic) bond motifs is 1. The minimum Gasteiger partial charge on any atom is -0.310 e. The Labute approximate surface area is 89.6 Å². The van der Waals surface area contributed by atoms with Crippen LogP contribution in [0.25, 0.3) is 0 Å². The summed E-state index contributed by atoms with van der Waals surface area (Å²) in [4.78, 5) is 0. The van der Waals surface area contributed by atoms with Crippen LogP contribution in [0.4, 0.5) is 0 Å². The molecular weight excluding hydrogens is 240 g/mol. The van der Waals surface area contributed by atoms with Crippen molar-refractivity contribution in [2.75, 3.05) is 30.9 Å². The zero-order valence-corrected chi connectivity index (χ0v) is 10.0. The highest BCUT2D eigenvalue weighted by molar-refractivity contribution is 7.92. The van der Waals surface area contributed by atoms with Crippen LogP contribution in [-0.2, 0) is 19.9 Å². The molecule has 0 radical (unpaired) electrons. The summed E-state index contributed by atoms with van der Waals surface area (Å²) in [5.74, 6) is -0.0125. The molecule has 2 fully saturated rings. The van der Waals surface area contributed by atoms with Crippen molar-refractivity contribution in [3.8, 4) is 0 Å². The van der Waals surface area contributed by atoms with Crippen LogP contribution in [0.15, 0.2) is 0 Å². The maximum atomic E-state index is 11.4. The Morgan fingerprint density at radius 1 is 1.33 bits per heavy atom. The van der Waals surface area contributed by atoms with Crippen LogP contribution in [0.1, 0.15) is 0 Å². The van der Waals surface area contributed by atoms with E-state index in [1.165, 1.54) is 4.31 Å². The van der Waals surface area contributed by atoms with E-state index < -0.39 is 25.9 Å². The molecule has 0 bridgehead atoms. The van der Waals surface area contributed by atoms with Gasteiger partial charge in [0.1, 0.15) is 0 Å². The second-order valence-corrected chi connectivity index (χ2v) is 8.17. The number of hydrogen-bond acceptors (Lipinski definition) is 5. The monoisotopic (exact) mass is 254 g/mol. The normalized spacial score (nSPS) is 36.3. The topological polar surface area (TPSA) is 83.6 Å². The van der Waals surface area contributed by atoms with Gasteiger partial charge in [0.25, 0.3) is 0 Å². The SMILES string of the molecule is CS(=O)(=O)N1CCN[C@@H]2CS(=O)(=O)C[C@@H]21. The molecule has 2 rings (SSSR count). The summed E-state index contributed by atoms with van der Waals surface area (Å²) < 4.78 is 47.0. The van der Waals surface area contributed by atoms with Crippen LogP contribution < -0.4 is 5.32 Å². The van der Waals surface area contributed by atoms with Crippen molar-refractivity contribution >= 4 is 19.9 Å². The summed E-state index contributed by atoms with van der Waals surface area (Å²) in [6, 6.07) is -0.655. The number of sulfone groups is 1. The molecule has 0 saturated carbocycles. The Hall–Kier alpha value is -0.180. The van der Waals surface area contributed by atoms with E-state index in [-0.39, 0.29) is 17.5 Å². The van der Waals surface area contributed by atoms with Gasteiger partial charge in [-0.3, -0.25) is 0 Å². The molecular formula is C7H14N2O4S2. The lowest BCUT2D eigenvalue weighted by atomic mass is 10.1. The molecule has 0 aromatic carbocycles. The maximum absolute atomic E-state index is 11.4. The van der Waals surface area contributed by atoms with Gasteiger partial charge in [-0.2, -0.15) is 4.31 Å². The minimum atomic E-state index is -3.30. The second kappa shape index (κ2) is 3.41. The van der Waals surface area contributed by atoms with E-state index in [0.717, 1.165) is 6.26 Å². The molecule has 2 atom stereocenters. The number of sulfonamides is 1. The van der Waals surface area contributed by atoms with Gasteiger partial charge in [0.15, 0.2) is 9.84 Å². The second-order valence-electron chi connectivity index (χ2n) is 4.08. The van der Waals surface area contributed by atoms with Gasteiger partial charge in [-0.15, -0.1) is 0 Å². The van der Waals surface area contributed by atoms with Crippen LogP contribution in [0.5, 0.6) is 0 Å². The van der Waals surface area contributed by atoms with Gasteiger partial charge in [0.05, 0.1) is 23.8 Å². The molecule has 0 aliphatic carbocycles. The third-order valence-corrected chi connectivity index (χ3v) is 5.88. The van der Waals surface area contributed by atoms with Crippen molar-refractivity contribution in [1.82, 2.24) is 9.62 Å². The molecule has 0 unspecified atom stereocenters. The molecule has 88 valence electrons. The molecule has 2 saturated heterocycles. The summed E-state index contributed by atoms with van der Waals surface area (Å²) in [6.07, 6.45) is 1.13. The highest BCUT2D eigenvalue weighted by Crippen LogP contribution is 2.22. The highest BCUT2D eigenvalue weighted by Gasteiger charge is 2.45. The number of nitrogens with one attached hydrogen (secondary N) is 1. The van der Waals surface area contributed by atoms with Crippen molar-refractivity contribution in [3.63, 3.8) is 0 Å². The standard InChI is InChI=1S/C7H14N2O4S2/c1-14(10,11)9-3-2-8-6-4-15(12,13)5-7(6)9/h6-8H,2-5H2,1H3/t6-,7+/m1/s1. The lowest BCUT2D eigenvalue weighted by molar-refractivity contribution is 0.248. The zero-order chi connectivity index (χ0) is 11.3. The fourth-order valence-electron chi connectivity index (χ4n) is 2.25. The minimum absolute atomic E-state index is 0.0453. The molecule has 1 N–H and O–H groups in total. The van der Waals surface area contributed by atoms with Crippen molar-refractivity contribution in [1.29, 1.82) is 0 Å². The van der Waals surface area contributed by atoms with E-state index in [1.54, 1.807) is 0 Å². The number of rotatable bonds is 1. The lowest BCUT2D eigenvalue weighted by Gasteiger charge is -2.35. The molecule has 8 heteroatoms. The van der Waals surface area contributed by atoms with Crippen LogP contribution in [-0.4, -0.2) is 64.1 Å². The number of piperazine rings is 1. The van der Waals surface area contributed by atoms with E-state index in [0.29, 0.717) is 13.1 Å². The van der Waals surface area contributed by atoms with E-state index in [9.17, 15) is 16.8 Å². The largest absolute Gasteiger partial charge is 0.310 e. The van der Waals surface area contributed by atoms with Gasteiger partial charge in [0.2, 0.25) is 10.0 Å². The summed E-state index contributed by atoms with van der Waals surface area (Å²) >= 11 is 0. The van der Waals surface area contributed by atoms with Gasteiger partial charge in [-0.1, -0.05) is 0 Å². The predicted octanol–water partition coefficient (Wildman–Crippen LogP) is -1.98. The van der Waals surface area contributed by atoms with E-state index in [1.807, 2.05) is 0 Å². The first-order chi connectivity index (χ1) is 6.80. The molecule has 15 heavy (non-hydrogen) atoms. The van der Waals surface area contributed by atoms with Crippen molar-refractivity contribution in [2.45, 2.75) is 12.1 Å². The predicted molar refractivity (Wildman–Crippen MR) is 55.8 cm³/mol. The Balaban J connectivity index is 2.31. The number of nitrogens with zero attached hydrogens (tertiary/aromatic N) is 1. The first-order valence-corrected chi connectivity index (χ1v) is 8.37. The van der Waals surface area contributed by atoms with Crippen LogP contribution >= 0.6 is 0 Å². The summed E-state index contributed by atoms with van der Waals surface area (Å²) in [5, 5.41) is 3.05. The first-order valence-electron chi connectivity index (χ1n) is 4.70. The zero-order valence-electron chi connectivity index (χ0n) is 8.38. The average Bonchev–Trinajstić information content (AvgIpc) is 2.35. The van der Waals surface area contributed by atoms with Gasteiger partial charge < -0.3 is 5.32 Å². The maximum Gasteiger partial charge on any atom is 0.211 e. The third-order valence-electron chi connectivity index (χ3n) is 2.86. The third kappa shape index (κ3) is 2.17. The van der Waals surface area contributed by atoms with E-state index in [2.05, 4.69) is 5.32 Å². The summed E-state index contributed by atoms with van der Waals surface area (Å²) in [5.41, 5.74) is 0. The highest BCUT2D eigenvalue weighted by atomic mass is 32.2. The molecule has 0 amide bonds. The molecule has 2 aliphatic rings. The van der Waals surface area contributed by atoms with Crippen LogP contribution in [0, 0.1) is 0 Å². The van der Waals surface area contributed by atoms with Crippen molar-refractivity contribution in [2.24, 2.45) is 0 Å². The fraction of sp³-hybridized carbons (Fsp3) is 1.00. The summed E-state index contributed by atoms with van der Waals surface area (Å²) in [6.45, 7) is 0.874. The van der Waals surface area contributed by atoms with Crippen molar-refractivity contribution < 1.29 is 16.8 Å². The summed E-state index contributed by atoms with van der Waals surface area (Å²) in [7, 11) is -6.39. The molecule has 0 aromatic heterocycles. The molecule has 6 nitrogen and oxygen atoms in total. The molecule has 0 spiro atoms. The Morgan fingerprint density at radius 3 is 2.60 bits per heavy atom. The fourth-order valence-corrected chi connectivity index (χ4v) is 5.43. The van der Waals surface area contributed by atoms with Crippen molar-refractivity contribution in [3.05, 3.63) is 0 Å². The van der Waals surface area contributed by atoms with Crippen LogP contribution in [0.2, 0.25) is 0 Å². The Kier molecular flexibility index (Phi) is 2.57. The molecule has 2 aliphatic heterocycles. The average molecular weight is 254 g/mol. The molecule has 0 aromatic rings. The lowest BCUT2D eigenvalue weighted by Crippen LogP contribution is -2.58. The number of hydrogen-bond donors (Lipinski definition) is 1.